The maximum Gasteiger partial charge on any atom is 0.278 e. The van der Waals surface area contributed by atoms with E-state index in [9.17, 15) is 9.59 Å². The van der Waals surface area contributed by atoms with Gasteiger partial charge in [-0.1, -0.05) is 47.7 Å². The van der Waals surface area contributed by atoms with Crippen molar-refractivity contribution in [2.75, 3.05) is 13.1 Å². The molecule has 2 aromatic carbocycles. The molecular formula is C20H20N4O2. The van der Waals surface area contributed by atoms with Crippen molar-refractivity contribution in [1.82, 2.24) is 19.9 Å². The number of hydrogen-bond donors (Lipinski definition) is 0. The van der Waals surface area contributed by atoms with Gasteiger partial charge >= 0.3 is 0 Å². The zero-order valence-electron chi connectivity index (χ0n) is 14.4. The number of piperidine rings is 1. The van der Waals surface area contributed by atoms with Crippen LogP contribution in [0.4, 0.5) is 0 Å². The summed E-state index contributed by atoms with van der Waals surface area (Å²) in [6.45, 7) is 1.94. The van der Waals surface area contributed by atoms with Crippen LogP contribution in [0.2, 0.25) is 0 Å². The molecule has 1 fully saturated rings. The van der Waals surface area contributed by atoms with Crippen molar-refractivity contribution in [1.29, 1.82) is 0 Å². The van der Waals surface area contributed by atoms with Crippen molar-refractivity contribution in [2.45, 2.75) is 19.5 Å². The Bertz CT molecular complexity index is 976. The molecule has 26 heavy (non-hydrogen) atoms. The highest BCUT2D eigenvalue weighted by atomic mass is 16.1. The van der Waals surface area contributed by atoms with E-state index in [2.05, 4.69) is 15.2 Å². The van der Waals surface area contributed by atoms with Crippen LogP contribution < -0.4 is 5.56 Å². The zero-order valence-corrected chi connectivity index (χ0v) is 14.4. The number of benzene rings is 2. The van der Waals surface area contributed by atoms with Crippen LogP contribution in [0.5, 0.6) is 0 Å². The van der Waals surface area contributed by atoms with E-state index in [0.29, 0.717) is 17.6 Å². The second-order valence-electron chi connectivity index (χ2n) is 6.68. The van der Waals surface area contributed by atoms with Crippen molar-refractivity contribution in [2.24, 2.45) is 5.92 Å². The largest absolute Gasteiger partial charge is 0.294 e. The fourth-order valence-electron chi connectivity index (χ4n) is 3.48. The van der Waals surface area contributed by atoms with Gasteiger partial charge in [-0.3, -0.25) is 14.5 Å². The summed E-state index contributed by atoms with van der Waals surface area (Å²) in [6, 6.07) is 16.7. The molecule has 0 bridgehead atoms. The maximum absolute atomic E-state index is 12.6. The molecule has 132 valence electrons. The van der Waals surface area contributed by atoms with Crippen LogP contribution in [0.15, 0.2) is 59.4 Å². The summed E-state index contributed by atoms with van der Waals surface area (Å²) >= 11 is 0. The van der Waals surface area contributed by atoms with E-state index >= 15 is 0 Å². The van der Waals surface area contributed by atoms with Crippen LogP contribution in [0, 0.1) is 5.92 Å². The molecule has 1 aliphatic rings. The Labute approximate surface area is 151 Å². The molecule has 0 N–H and O–H groups in total. The molecule has 1 aliphatic heterocycles. The Morgan fingerprint density at radius 1 is 1.00 bits per heavy atom. The lowest BCUT2D eigenvalue weighted by Crippen LogP contribution is -2.40. The number of aromatic nitrogens is 3. The molecule has 2 heterocycles. The van der Waals surface area contributed by atoms with Gasteiger partial charge in [-0.2, -0.15) is 4.68 Å². The zero-order chi connectivity index (χ0) is 17.9. The average molecular weight is 348 g/mol. The summed E-state index contributed by atoms with van der Waals surface area (Å²) in [5.41, 5.74) is 1.27. The molecule has 0 spiro atoms. The van der Waals surface area contributed by atoms with Crippen molar-refractivity contribution < 1.29 is 4.79 Å². The molecule has 0 atom stereocenters. The van der Waals surface area contributed by atoms with Gasteiger partial charge in [0, 0.05) is 24.6 Å². The molecule has 0 radical (unpaired) electrons. The molecule has 0 aliphatic carbocycles. The van der Waals surface area contributed by atoms with Crippen LogP contribution in [0.25, 0.3) is 10.9 Å². The summed E-state index contributed by atoms with van der Waals surface area (Å²) in [7, 11) is 0. The molecule has 1 aromatic heterocycles. The summed E-state index contributed by atoms with van der Waals surface area (Å²) in [5.74, 6) is 0.265. The van der Waals surface area contributed by atoms with Crippen LogP contribution in [-0.4, -0.2) is 38.8 Å². The minimum atomic E-state index is -0.127. The van der Waals surface area contributed by atoms with Crippen molar-refractivity contribution in [3.63, 3.8) is 0 Å². The second-order valence-corrected chi connectivity index (χ2v) is 6.68. The van der Waals surface area contributed by atoms with Crippen LogP contribution in [0.3, 0.4) is 0 Å². The number of Topliss-reactive ketones (excluding diaryl/α,β-unsaturated/α-hetero) is 1. The van der Waals surface area contributed by atoms with Gasteiger partial charge in [0.05, 0.1) is 12.1 Å². The summed E-state index contributed by atoms with van der Waals surface area (Å²) in [5, 5.41) is 8.75. The first-order valence-corrected chi connectivity index (χ1v) is 8.86. The highest BCUT2D eigenvalue weighted by molar-refractivity contribution is 5.97. The smallest absolute Gasteiger partial charge is 0.278 e. The average Bonchev–Trinajstić information content (AvgIpc) is 2.71. The molecule has 0 unspecified atom stereocenters. The summed E-state index contributed by atoms with van der Waals surface area (Å²) < 4.78 is 1.40. The number of carbonyl (C=O) groups excluding carboxylic acids is 1. The number of hydrogen-bond acceptors (Lipinski definition) is 5. The second kappa shape index (κ2) is 7.17. The van der Waals surface area contributed by atoms with Gasteiger partial charge in [0.1, 0.15) is 5.52 Å². The molecule has 0 amide bonds. The normalized spacial score (nSPS) is 16.0. The number of ketones is 1. The Balaban J connectivity index is 1.42. The Hall–Kier alpha value is -2.86. The van der Waals surface area contributed by atoms with Gasteiger partial charge in [-0.05, 0) is 25.0 Å². The van der Waals surface area contributed by atoms with Gasteiger partial charge in [-0.25, -0.2) is 0 Å². The van der Waals surface area contributed by atoms with Crippen LogP contribution in [-0.2, 0) is 6.67 Å². The first-order valence-electron chi connectivity index (χ1n) is 8.86. The van der Waals surface area contributed by atoms with E-state index in [1.165, 1.54) is 4.68 Å². The predicted octanol–water partition coefficient (Wildman–Crippen LogP) is 2.34. The quantitative estimate of drug-likeness (QED) is 0.677. The Morgan fingerprint density at radius 2 is 1.69 bits per heavy atom. The lowest BCUT2D eigenvalue weighted by molar-refractivity contribution is 0.0800. The fourth-order valence-corrected chi connectivity index (χ4v) is 3.48. The minimum absolute atomic E-state index is 0.0491. The number of rotatable bonds is 4. The van der Waals surface area contributed by atoms with Gasteiger partial charge in [0.25, 0.3) is 5.56 Å². The molecule has 6 heteroatoms. The first kappa shape index (κ1) is 16.6. The van der Waals surface area contributed by atoms with Gasteiger partial charge < -0.3 is 0 Å². The number of likely N-dealkylation sites (tertiary alicyclic amines) is 1. The van der Waals surface area contributed by atoms with Gasteiger partial charge in [0.2, 0.25) is 0 Å². The fraction of sp³-hybridized carbons (Fsp3) is 0.300. The highest BCUT2D eigenvalue weighted by Gasteiger charge is 2.26. The lowest BCUT2D eigenvalue weighted by Gasteiger charge is -2.31. The number of fused-ring (bicyclic) bond motifs is 1. The van der Waals surface area contributed by atoms with Crippen molar-refractivity contribution >= 4 is 16.7 Å². The number of carbonyl (C=O) groups is 1. The third kappa shape index (κ3) is 3.28. The monoisotopic (exact) mass is 348 g/mol. The van der Waals surface area contributed by atoms with E-state index in [4.69, 9.17) is 0 Å². The van der Waals surface area contributed by atoms with Gasteiger partial charge in [0.15, 0.2) is 5.78 Å². The molecule has 3 aromatic rings. The third-order valence-electron chi connectivity index (χ3n) is 4.98. The van der Waals surface area contributed by atoms with E-state index in [-0.39, 0.29) is 17.3 Å². The molecule has 1 saturated heterocycles. The van der Waals surface area contributed by atoms with Crippen molar-refractivity contribution in [3.05, 3.63) is 70.5 Å². The van der Waals surface area contributed by atoms with E-state index in [0.717, 1.165) is 31.5 Å². The highest BCUT2D eigenvalue weighted by Crippen LogP contribution is 2.22. The SMILES string of the molecule is O=C(c1ccccc1)C1CCN(Cn2nnc3ccccc3c2=O)CC1. The molecular weight excluding hydrogens is 328 g/mol. The van der Waals surface area contributed by atoms with Crippen LogP contribution in [0.1, 0.15) is 23.2 Å². The Morgan fingerprint density at radius 3 is 2.46 bits per heavy atom. The summed E-state index contributed by atoms with van der Waals surface area (Å²) in [4.78, 5) is 27.3. The lowest BCUT2D eigenvalue weighted by atomic mass is 9.89. The maximum atomic E-state index is 12.6. The van der Waals surface area contributed by atoms with E-state index < -0.39 is 0 Å². The topological polar surface area (TPSA) is 68.1 Å². The third-order valence-corrected chi connectivity index (χ3v) is 4.98. The van der Waals surface area contributed by atoms with Gasteiger partial charge in [-0.15, -0.1) is 5.10 Å². The van der Waals surface area contributed by atoms with Crippen LogP contribution >= 0.6 is 0 Å². The standard InChI is InChI=1S/C20H20N4O2/c25-19(15-6-2-1-3-7-15)16-10-12-23(13-11-16)14-24-20(26)17-8-4-5-9-18(17)21-22-24/h1-9,16H,10-14H2. The summed E-state index contributed by atoms with van der Waals surface area (Å²) in [6.07, 6.45) is 1.59. The van der Waals surface area contributed by atoms with E-state index in [1.54, 1.807) is 12.1 Å². The number of nitrogens with zero attached hydrogens (tertiary/aromatic N) is 4. The molecule has 4 rings (SSSR count). The molecule has 0 saturated carbocycles. The van der Waals surface area contributed by atoms with E-state index in [1.807, 2.05) is 42.5 Å². The van der Waals surface area contributed by atoms with Crippen molar-refractivity contribution in [3.8, 4) is 0 Å². The Kier molecular flexibility index (Phi) is 4.58. The minimum Gasteiger partial charge on any atom is -0.294 e. The predicted molar refractivity (Wildman–Crippen MR) is 98.9 cm³/mol. The first-order chi connectivity index (χ1) is 12.7. The molecule has 6 nitrogen and oxygen atoms in total.